The van der Waals surface area contributed by atoms with Crippen molar-refractivity contribution in [3.05, 3.63) is 30.1 Å². The number of amides is 1. The average molecular weight is 238 g/mol. The minimum atomic E-state index is -0.556. The van der Waals surface area contributed by atoms with Gasteiger partial charge in [0.2, 0.25) is 5.91 Å². The van der Waals surface area contributed by atoms with Gasteiger partial charge in [0.25, 0.3) is 0 Å². The highest BCUT2D eigenvalue weighted by atomic mass is 19.1. The van der Waals surface area contributed by atoms with Gasteiger partial charge in [-0.25, -0.2) is 4.39 Å². The molecule has 0 aliphatic carbocycles. The summed E-state index contributed by atoms with van der Waals surface area (Å²) in [7, 11) is 1.55. The number of rotatable bonds is 5. The second-order valence-electron chi connectivity index (χ2n) is 4.10. The highest BCUT2D eigenvalue weighted by Crippen LogP contribution is 2.18. The molecule has 0 radical (unpaired) electrons. The first-order chi connectivity index (χ1) is 8.07. The Bertz CT molecular complexity index is 381. The Morgan fingerprint density at radius 1 is 1.47 bits per heavy atom. The van der Waals surface area contributed by atoms with Crippen LogP contribution >= 0.6 is 0 Å². The number of hydrogen-bond donors (Lipinski definition) is 1. The zero-order valence-electron chi connectivity index (χ0n) is 10.3. The molecule has 1 atom stereocenters. The molecule has 0 spiro atoms. The van der Waals surface area contributed by atoms with Gasteiger partial charge in [0, 0.05) is 7.05 Å². The topological polar surface area (TPSA) is 46.3 Å². The molecule has 0 heterocycles. The van der Waals surface area contributed by atoms with Gasteiger partial charge in [-0.2, -0.15) is 0 Å². The van der Waals surface area contributed by atoms with Crippen molar-refractivity contribution < 1.29 is 9.18 Å². The van der Waals surface area contributed by atoms with Crippen LogP contribution in [0.3, 0.4) is 0 Å². The van der Waals surface area contributed by atoms with E-state index in [0.717, 1.165) is 12.8 Å². The first-order valence-corrected chi connectivity index (χ1v) is 5.85. The summed E-state index contributed by atoms with van der Waals surface area (Å²) in [5.41, 5.74) is 6.05. The molecule has 0 bridgehead atoms. The molecule has 1 rings (SSSR count). The van der Waals surface area contributed by atoms with Gasteiger partial charge in [0.05, 0.1) is 11.7 Å². The molecule has 1 amide bonds. The zero-order valence-corrected chi connectivity index (χ0v) is 10.3. The number of anilines is 1. The molecule has 0 aliphatic rings. The molecule has 1 aromatic carbocycles. The van der Waals surface area contributed by atoms with Gasteiger partial charge in [-0.3, -0.25) is 4.79 Å². The van der Waals surface area contributed by atoms with Crippen molar-refractivity contribution in [1.29, 1.82) is 0 Å². The Labute approximate surface area is 101 Å². The van der Waals surface area contributed by atoms with Gasteiger partial charge in [0.1, 0.15) is 5.82 Å². The highest BCUT2D eigenvalue weighted by molar-refractivity contribution is 5.96. The van der Waals surface area contributed by atoms with Gasteiger partial charge < -0.3 is 10.6 Å². The lowest BCUT2D eigenvalue weighted by Gasteiger charge is -2.21. The zero-order chi connectivity index (χ0) is 12.8. The smallest absolute Gasteiger partial charge is 0.243 e. The fourth-order valence-corrected chi connectivity index (χ4v) is 1.64. The second-order valence-corrected chi connectivity index (χ2v) is 4.10. The van der Waals surface area contributed by atoms with Crippen LogP contribution in [-0.4, -0.2) is 19.0 Å². The Morgan fingerprint density at radius 3 is 2.71 bits per heavy atom. The predicted octanol–water partition coefficient (Wildman–Crippen LogP) is 2.31. The summed E-state index contributed by atoms with van der Waals surface area (Å²) >= 11 is 0. The third kappa shape index (κ3) is 3.53. The molecule has 0 aliphatic heterocycles. The van der Waals surface area contributed by atoms with E-state index in [-0.39, 0.29) is 11.6 Å². The average Bonchev–Trinajstić information content (AvgIpc) is 2.34. The number of benzene rings is 1. The number of likely N-dealkylation sites (N-methyl/N-ethyl adjacent to an activating group) is 1. The third-order valence-corrected chi connectivity index (χ3v) is 2.73. The number of hydrogen-bond acceptors (Lipinski definition) is 2. The van der Waals surface area contributed by atoms with Crippen LogP contribution in [0, 0.1) is 5.82 Å². The van der Waals surface area contributed by atoms with E-state index in [0.29, 0.717) is 6.42 Å². The van der Waals surface area contributed by atoms with Crippen LogP contribution in [0.5, 0.6) is 0 Å². The molecule has 3 nitrogen and oxygen atoms in total. The normalized spacial score (nSPS) is 12.2. The number of halogens is 1. The first-order valence-electron chi connectivity index (χ1n) is 5.85. The molecule has 4 heteroatoms. The van der Waals surface area contributed by atoms with Crippen LogP contribution in [0.25, 0.3) is 0 Å². The molecule has 17 heavy (non-hydrogen) atoms. The monoisotopic (exact) mass is 238 g/mol. The van der Waals surface area contributed by atoms with Gasteiger partial charge in [0.15, 0.2) is 0 Å². The van der Waals surface area contributed by atoms with Crippen LogP contribution in [0.1, 0.15) is 26.2 Å². The summed E-state index contributed by atoms with van der Waals surface area (Å²) in [6.45, 7) is 2.04. The Balaban J connectivity index is 2.73. The van der Waals surface area contributed by atoms with Crippen molar-refractivity contribution in [1.82, 2.24) is 0 Å². The van der Waals surface area contributed by atoms with Crippen molar-refractivity contribution in [3.8, 4) is 0 Å². The van der Waals surface area contributed by atoms with Crippen molar-refractivity contribution >= 4 is 11.6 Å². The van der Waals surface area contributed by atoms with E-state index in [1.165, 1.54) is 11.0 Å². The van der Waals surface area contributed by atoms with E-state index in [2.05, 4.69) is 0 Å². The van der Waals surface area contributed by atoms with Gasteiger partial charge >= 0.3 is 0 Å². The van der Waals surface area contributed by atoms with Crippen molar-refractivity contribution in [2.45, 2.75) is 32.2 Å². The number of para-hydroxylation sites is 1. The Kier molecular flexibility index (Phi) is 5.10. The summed E-state index contributed by atoms with van der Waals surface area (Å²) in [6.07, 6.45) is 2.52. The van der Waals surface area contributed by atoms with E-state index < -0.39 is 11.9 Å². The number of carbonyl (C=O) groups excluding carboxylic acids is 1. The quantitative estimate of drug-likeness (QED) is 0.855. The maximum absolute atomic E-state index is 13.5. The molecule has 94 valence electrons. The standard InChI is InChI=1S/C13H19FN2O/c1-3-4-8-11(15)13(17)16(2)12-9-6-5-7-10(12)14/h5-7,9,11H,3-4,8,15H2,1-2H3/t11-/m0/s1. The van der Waals surface area contributed by atoms with Crippen molar-refractivity contribution in [2.24, 2.45) is 5.73 Å². The van der Waals surface area contributed by atoms with E-state index in [1.54, 1.807) is 25.2 Å². The lowest BCUT2D eigenvalue weighted by atomic mass is 10.1. The molecular weight excluding hydrogens is 219 g/mol. The summed E-state index contributed by atoms with van der Waals surface area (Å²) in [5.74, 6) is -0.658. The summed E-state index contributed by atoms with van der Waals surface area (Å²) < 4.78 is 13.5. The predicted molar refractivity (Wildman–Crippen MR) is 67.3 cm³/mol. The fourth-order valence-electron chi connectivity index (χ4n) is 1.64. The Hall–Kier alpha value is -1.42. The molecule has 2 N–H and O–H groups in total. The number of unbranched alkanes of at least 4 members (excludes halogenated alkanes) is 1. The maximum atomic E-state index is 13.5. The lowest BCUT2D eigenvalue weighted by Crippen LogP contribution is -2.42. The molecule has 0 fully saturated rings. The number of carbonyl (C=O) groups is 1. The van der Waals surface area contributed by atoms with Gasteiger partial charge in [-0.05, 0) is 18.6 Å². The van der Waals surface area contributed by atoms with E-state index in [4.69, 9.17) is 5.73 Å². The summed E-state index contributed by atoms with van der Waals surface area (Å²) in [6, 6.07) is 5.63. The molecule has 0 saturated carbocycles. The van der Waals surface area contributed by atoms with Gasteiger partial charge in [-0.1, -0.05) is 31.9 Å². The molecule has 1 aromatic rings. The number of nitrogens with zero attached hydrogens (tertiary/aromatic N) is 1. The fraction of sp³-hybridized carbons (Fsp3) is 0.462. The van der Waals surface area contributed by atoms with Crippen molar-refractivity contribution in [2.75, 3.05) is 11.9 Å². The first kappa shape index (κ1) is 13.6. The van der Waals surface area contributed by atoms with Gasteiger partial charge in [-0.15, -0.1) is 0 Å². The third-order valence-electron chi connectivity index (χ3n) is 2.73. The van der Waals surface area contributed by atoms with Crippen LogP contribution < -0.4 is 10.6 Å². The van der Waals surface area contributed by atoms with Crippen LogP contribution in [0.2, 0.25) is 0 Å². The van der Waals surface area contributed by atoms with E-state index >= 15 is 0 Å². The molecule has 0 saturated heterocycles. The van der Waals surface area contributed by atoms with E-state index in [1.807, 2.05) is 6.92 Å². The Morgan fingerprint density at radius 2 is 2.12 bits per heavy atom. The van der Waals surface area contributed by atoms with Crippen molar-refractivity contribution in [3.63, 3.8) is 0 Å². The molecule has 0 aromatic heterocycles. The SMILES string of the molecule is CCCC[C@H](N)C(=O)N(C)c1ccccc1F. The molecule has 0 unspecified atom stereocenters. The molecular formula is C13H19FN2O. The van der Waals surface area contributed by atoms with Crippen LogP contribution in [0.4, 0.5) is 10.1 Å². The maximum Gasteiger partial charge on any atom is 0.243 e. The second kappa shape index (κ2) is 6.35. The minimum Gasteiger partial charge on any atom is -0.320 e. The highest BCUT2D eigenvalue weighted by Gasteiger charge is 2.20. The van der Waals surface area contributed by atoms with E-state index in [9.17, 15) is 9.18 Å². The number of nitrogens with two attached hydrogens (primary N) is 1. The van der Waals surface area contributed by atoms with Crippen LogP contribution in [0.15, 0.2) is 24.3 Å². The summed E-state index contributed by atoms with van der Waals surface area (Å²) in [5, 5.41) is 0. The largest absolute Gasteiger partial charge is 0.320 e. The minimum absolute atomic E-state index is 0.247. The summed E-state index contributed by atoms with van der Waals surface area (Å²) in [4.78, 5) is 13.2. The lowest BCUT2D eigenvalue weighted by molar-refractivity contribution is -0.119. The van der Waals surface area contributed by atoms with Crippen LogP contribution in [-0.2, 0) is 4.79 Å².